The summed E-state index contributed by atoms with van der Waals surface area (Å²) >= 11 is 6.20. The van der Waals surface area contributed by atoms with E-state index in [1.807, 2.05) is 6.07 Å². The van der Waals surface area contributed by atoms with Gasteiger partial charge >= 0.3 is 0 Å². The Morgan fingerprint density at radius 3 is 2.55 bits per heavy atom. The van der Waals surface area contributed by atoms with Crippen LogP contribution in [-0.4, -0.2) is 40.8 Å². The molecule has 8 heteroatoms. The molecule has 1 saturated carbocycles. The summed E-state index contributed by atoms with van der Waals surface area (Å²) in [6.45, 7) is 3.46. The molecule has 3 aromatic rings. The zero-order valence-corrected chi connectivity index (χ0v) is 18.8. The van der Waals surface area contributed by atoms with E-state index in [-0.39, 0.29) is 5.82 Å². The molecule has 6 rings (SSSR count). The number of anilines is 1. The van der Waals surface area contributed by atoms with Crippen LogP contribution in [0.2, 0.25) is 5.02 Å². The first-order chi connectivity index (χ1) is 16.1. The third-order valence-electron chi connectivity index (χ3n) is 6.89. The van der Waals surface area contributed by atoms with Crippen LogP contribution in [0, 0.1) is 17.7 Å². The van der Waals surface area contributed by atoms with Gasteiger partial charge in [0.15, 0.2) is 11.5 Å². The molecule has 1 unspecified atom stereocenters. The molecule has 1 saturated heterocycles. The molecule has 3 aliphatic rings. The highest BCUT2D eigenvalue weighted by Gasteiger charge is 2.41. The largest absolute Gasteiger partial charge is 0.454 e. The average molecular weight is 467 g/mol. The van der Waals surface area contributed by atoms with Crippen molar-refractivity contribution in [1.29, 1.82) is 0 Å². The van der Waals surface area contributed by atoms with Crippen LogP contribution in [0.4, 0.5) is 10.3 Å². The van der Waals surface area contributed by atoms with E-state index in [1.54, 1.807) is 18.5 Å². The number of halogens is 2. The lowest BCUT2D eigenvalue weighted by Crippen LogP contribution is -2.25. The Kier molecular flexibility index (Phi) is 5.31. The monoisotopic (exact) mass is 466 g/mol. The summed E-state index contributed by atoms with van der Waals surface area (Å²) in [6, 6.07) is 10.9. The molecule has 1 N–H and O–H groups in total. The van der Waals surface area contributed by atoms with Gasteiger partial charge in [0, 0.05) is 54.2 Å². The van der Waals surface area contributed by atoms with Crippen molar-refractivity contribution >= 4 is 17.5 Å². The van der Waals surface area contributed by atoms with Gasteiger partial charge in [0.05, 0.1) is 0 Å². The second-order valence-corrected chi connectivity index (χ2v) is 9.54. The van der Waals surface area contributed by atoms with E-state index in [1.165, 1.54) is 17.7 Å². The Morgan fingerprint density at radius 2 is 1.76 bits per heavy atom. The first kappa shape index (κ1) is 20.7. The molecule has 170 valence electrons. The maximum atomic E-state index is 13.6. The number of nitrogens with zero attached hydrogens (tertiary/aromatic N) is 3. The molecular weight excluding hydrogens is 443 g/mol. The minimum absolute atomic E-state index is 0.312. The van der Waals surface area contributed by atoms with Crippen molar-refractivity contribution in [2.45, 2.75) is 25.4 Å². The Balaban J connectivity index is 1.04. The molecule has 3 atom stereocenters. The van der Waals surface area contributed by atoms with Gasteiger partial charge in [0.2, 0.25) is 12.7 Å². The van der Waals surface area contributed by atoms with Crippen LogP contribution >= 0.6 is 11.6 Å². The van der Waals surface area contributed by atoms with Crippen LogP contribution in [0.3, 0.4) is 0 Å². The first-order valence-corrected chi connectivity index (χ1v) is 11.6. The van der Waals surface area contributed by atoms with Crippen LogP contribution < -0.4 is 14.8 Å². The quantitative estimate of drug-likeness (QED) is 0.571. The maximum absolute atomic E-state index is 13.6. The normalized spacial score (nSPS) is 23.6. The number of ether oxygens (including phenoxy) is 2. The van der Waals surface area contributed by atoms with Gasteiger partial charge < -0.3 is 14.8 Å². The number of benzene rings is 2. The maximum Gasteiger partial charge on any atom is 0.231 e. The summed E-state index contributed by atoms with van der Waals surface area (Å²) in [5, 5.41) is 3.97. The highest BCUT2D eigenvalue weighted by atomic mass is 35.5. The Bertz CT molecular complexity index is 1160. The van der Waals surface area contributed by atoms with Crippen molar-refractivity contribution in [1.82, 2.24) is 14.9 Å². The van der Waals surface area contributed by atoms with E-state index in [2.05, 4.69) is 32.3 Å². The van der Waals surface area contributed by atoms with Gasteiger partial charge in [0.1, 0.15) is 5.82 Å². The van der Waals surface area contributed by atoms with Gasteiger partial charge in [-0.25, -0.2) is 14.4 Å². The molecular formula is C25H24ClFN4O2. The molecule has 33 heavy (non-hydrogen) atoms. The van der Waals surface area contributed by atoms with Gasteiger partial charge in [0.25, 0.3) is 0 Å². The summed E-state index contributed by atoms with van der Waals surface area (Å²) in [5.41, 5.74) is 2.56. The molecule has 1 aliphatic carbocycles. The highest BCUT2D eigenvalue weighted by Crippen LogP contribution is 2.40. The number of fused-ring (bicyclic) bond motifs is 2. The van der Waals surface area contributed by atoms with Gasteiger partial charge in [-0.2, -0.15) is 0 Å². The number of likely N-dealkylation sites (tertiary alicyclic amines) is 1. The Labute approximate surface area is 196 Å². The fourth-order valence-electron chi connectivity index (χ4n) is 5.38. The second-order valence-electron chi connectivity index (χ2n) is 9.13. The lowest BCUT2D eigenvalue weighted by Gasteiger charge is -2.20. The summed E-state index contributed by atoms with van der Waals surface area (Å²) < 4.78 is 24.5. The van der Waals surface area contributed by atoms with Gasteiger partial charge in [-0.15, -0.1) is 0 Å². The average Bonchev–Trinajstić information content (AvgIpc) is 3.51. The van der Waals surface area contributed by atoms with Crippen molar-refractivity contribution < 1.29 is 13.9 Å². The van der Waals surface area contributed by atoms with Crippen molar-refractivity contribution in [3.05, 3.63) is 65.2 Å². The van der Waals surface area contributed by atoms with Crippen molar-refractivity contribution in [3.8, 4) is 22.6 Å². The SMILES string of the molecule is Fc1ccc(Cl)c(-c2cnc(NC3C[C@@H]4CN(Cc5ccc6c(c5)OCO6)C[C@@H]4C3)nc2)c1. The second kappa shape index (κ2) is 8.47. The van der Waals surface area contributed by atoms with Crippen LogP contribution in [-0.2, 0) is 6.54 Å². The highest BCUT2D eigenvalue weighted by molar-refractivity contribution is 6.33. The van der Waals surface area contributed by atoms with E-state index in [4.69, 9.17) is 21.1 Å². The lowest BCUT2D eigenvalue weighted by atomic mass is 10.0. The third kappa shape index (κ3) is 4.23. The number of rotatable bonds is 5. The van der Waals surface area contributed by atoms with E-state index in [9.17, 15) is 4.39 Å². The molecule has 0 bridgehead atoms. The molecule has 3 heterocycles. The van der Waals surface area contributed by atoms with Crippen LogP contribution in [0.15, 0.2) is 48.8 Å². The van der Waals surface area contributed by atoms with Crippen LogP contribution in [0.1, 0.15) is 18.4 Å². The summed E-state index contributed by atoms with van der Waals surface area (Å²) in [4.78, 5) is 11.4. The Morgan fingerprint density at radius 1 is 1.00 bits per heavy atom. The van der Waals surface area contributed by atoms with E-state index < -0.39 is 0 Å². The van der Waals surface area contributed by atoms with E-state index in [0.29, 0.717) is 46.8 Å². The summed E-state index contributed by atoms with van der Waals surface area (Å²) in [6.07, 6.45) is 5.62. The molecule has 0 spiro atoms. The molecule has 0 radical (unpaired) electrons. The van der Waals surface area contributed by atoms with E-state index >= 15 is 0 Å². The van der Waals surface area contributed by atoms with Crippen molar-refractivity contribution in [2.75, 3.05) is 25.2 Å². The molecule has 6 nitrogen and oxygen atoms in total. The van der Waals surface area contributed by atoms with Gasteiger partial charge in [-0.1, -0.05) is 17.7 Å². The van der Waals surface area contributed by atoms with Gasteiger partial charge in [-0.3, -0.25) is 4.90 Å². The summed E-state index contributed by atoms with van der Waals surface area (Å²) in [5.74, 6) is 3.32. The number of hydrogen-bond donors (Lipinski definition) is 1. The topological polar surface area (TPSA) is 59.5 Å². The minimum atomic E-state index is -0.332. The smallest absolute Gasteiger partial charge is 0.231 e. The first-order valence-electron chi connectivity index (χ1n) is 11.3. The van der Waals surface area contributed by atoms with Crippen molar-refractivity contribution in [3.63, 3.8) is 0 Å². The van der Waals surface area contributed by atoms with E-state index in [0.717, 1.165) is 44.0 Å². The predicted molar refractivity (Wildman–Crippen MR) is 124 cm³/mol. The minimum Gasteiger partial charge on any atom is -0.454 e. The number of nitrogens with one attached hydrogen (secondary N) is 1. The molecule has 2 fully saturated rings. The predicted octanol–water partition coefficient (Wildman–Crippen LogP) is 4.99. The number of hydrogen-bond acceptors (Lipinski definition) is 6. The number of aromatic nitrogens is 2. The molecule has 1 aromatic heterocycles. The zero-order valence-electron chi connectivity index (χ0n) is 18.0. The lowest BCUT2D eigenvalue weighted by molar-refractivity contribution is 0.174. The molecule has 2 aromatic carbocycles. The Hall–Kier alpha value is -2.90. The fraction of sp³-hybridized carbons (Fsp3) is 0.360. The van der Waals surface area contributed by atoms with Crippen LogP contribution in [0.25, 0.3) is 11.1 Å². The summed E-state index contributed by atoms with van der Waals surface area (Å²) in [7, 11) is 0. The standard InChI is InChI=1S/C25H24ClFN4O2/c26-22-3-2-19(27)8-21(22)18-9-28-25(29-10-18)30-20-6-16-12-31(13-17(16)7-20)11-15-1-4-23-24(5-15)33-14-32-23/h1-5,8-10,16-17,20H,6-7,11-14H2,(H,28,29,30)/t16-,17+,20?. The third-order valence-corrected chi connectivity index (χ3v) is 7.22. The fourth-order valence-corrected chi connectivity index (χ4v) is 5.61. The van der Waals surface area contributed by atoms with Crippen LogP contribution in [0.5, 0.6) is 11.5 Å². The van der Waals surface area contributed by atoms with Crippen molar-refractivity contribution in [2.24, 2.45) is 11.8 Å². The zero-order chi connectivity index (χ0) is 22.4. The molecule has 0 amide bonds. The van der Waals surface area contributed by atoms with Gasteiger partial charge in [-0.05, 0) is 60.6 Å². The molecule has 2 aliphatic heterocycles.